The zero-order valence-electron chi connectivity index (χ0n) is 14.3. The fourth-order valence-electron chi connectivity index (χ4n) is 4.19. The normalized spacial score (nSPS) is 29.2. The first-order valence-corrected chi connectivity index (χ1v) is 10.8. The molecule has 3 amide bonds. The Balaban J connectivity index is 1.72. The van der Waals surface area contributed by atoms with E-state index in [1.54, 1.807) is 0 Å². The van der Waals surface area contributed by atoms with E-state index in [-0.39, 0.29) is 36.2 Å². The summed E-state index contributed by atoms with van der Waals surface area (Å²) in [5.41, 5.74) is -0.727. The molecule has 8 heteroatoms. The van der Waals surface area contributed by atoms with Gasteiger partial charge in [-0.2, -0.15) is 0 Å². The van der Waals surface area contributed by atoms with Crippen molar-refractivity contribution in [3.05, 3.63) is 0 Å². The Morgan fingerprint density at radius 2 is 1.88 bits per heavy atom. The lowest BCUT2D eigenvalue weighted by molar-refractivity contribution is -0.133. The van der Waals surface area contributed by atoms with Crippen LogP contribution in [0.4, 0.5) is 4.79 Å². The van der Waals surface area contributed by atoms with E-state index in [0.29, 0.717) is 25.8 Å². The van der Waals surface area contributed by atoms with E-state index in [1.807, 2.05) is 11.8 Å². The van der Waals surface area contributed by atoms with Gasteiger partial charge in [0.15, 0.2) is 9.84 Å². The highest BCUT2D eigenvalue weighted by molar-refractivity contribution is 7.91. The van der Waals surface area contributed by atoms with Crippen molar-refractivity contribution in [2.45, 2.75) is 63.5 Å². The average molecular weight is 357 g/mol. The standard InChI is InChI=1S/C16H27N3O4S/c1-2-18(13-7-10-24(22,23)11-13)12-19-14(20)16(17-15(19)21)8-5-3-4-6-9-16/h13H,2-12H2,1H3,(H,17,21)/t13-/m1/s1. The summed E-state index contributed by atoms with van der Waals surface area (Å²) >= 11 is 0. The van der Waals surface area contributed by atoms with Gasteiger partial charge in [-0.1, -0.05) is 32.6 Å². The van der Waals surface area contributed by atoms with Crippen molar-refractivity contribution in [2.75, 3.05) is 24.7 Å². The van der Waals surface area contributed by atoms with Gasteiger partial charge in [0, 0.05) is 6.04 Å². The summed E-state index contributed by atoms with van der Waals surface area (Å²) in [5, 5.41) is 2.94. The molecule has 2 aliphatic heterocycles. The molecule has 0 aromatic heterocycles. The Bertz CT molecular complexity index is 611. The van der Waals surface area contributed by atoms with E-state index in [0.717, 1.165) is 25.7 Å². The van der Waals surface area contributed by atoms with Crippen LogP contribution >= 0.6 is 0 Å². The highest BCUT2D eigenvalue weighted by Gasteiger charge is 2.51. The minimum Gasteiger partial charge on any atom is -0.323 e. The first kappa shape index (κ1) is 17.7. The van der Waals surface area contributed by atoms with Gasteiger partial charge in [-0.15, -0.1) is 0 Å². The highest BCUT2D eigenvalue weighted by atomic mass is 32.2. The maximum absolute atomic E-state index is 12.9. The number of rotatable bonds is 4. The van der Waals surface area contributed by atoms with E-state index < -0.39 is 15.4 Å². The summed E-state index contributed by atoms with van der Waals surface area (Å²) in [6.07, 6.45) is 6.11. The Morgan fingerprint density at radius 3 is 2.42 bits per heavy atom. The third kappa shape index (κ3) is 3.31. The predicted molar refractivity (Wildman–Crippen MR) is 90.1 cm³/mol. The molecule has 0 aromatic rings. The molecule has 7 nitrogen and oxygen atoms in total. The first-order valence-electron chi connectivity index (χ1n) is 8.95. The van der Waals surface area contributed by atoms with Crippen molar-refractivity contribution in [1.82, 2.24) is 15.1 Å². The van der Waals surface area contributed by atoms with Crippen molar-refractivity contribution in [2.24, 2.45) is 0 Å². The van der Waals surface area contributed by atoms with Crippen molar-refractivity contribution in [3.63, 3.8) is 0 Å². The van der Waals surface area contributed by atoms with Crippen LogP contribution in [0, 0.1) is 0 Å². The highest BCUT2D eigenvalue weighted by Crippen LogP contribution is 2.33. The minimum absolute atomic E-state index is 0.105. The zero-order valence-corrected chi connectivity index (χ0v) is 15.1. The molecule has 1 N–H and O–H groups in total. The monoisotopic (exact) mass is 357 g/mol. The lowest BCUT2D eigenvalue weighted by Crippen LogP contribution is -2.49. The third-order valence-corrected chi connectivity index (χ3v) is 7.41. The van der Waals surface area contributed by atoms with Crippen molar-refractivity contribution in [1.29, 1.82) is 0 Å². The summed E-state index contributed by atoms with van der Waals surface area (Å²) in [6.45, 7) is 2.73. The van der Waals surface area contributed by atoms with E-state index in [2.05, 4.69) is 5.32 Å². The van der Waals surface area contributed by atoms with Gasteiger partial charge in [0.2, 0.25) is 0 Å². The Hall–Kier alpha value is -1.15. The van der Waals surface area contributed by atoms with Crippen LogP contribution in [0.15, 0.2) is 0 Å². The molecule has 0 radical (unpaired) electrons. The van der Waals surface area contributed by atoms with Crippen LogP contribution in [-0.2, 0) is 14.6 Å². The molecule has 1 spiro atoms. The summed E-state index contributed by atoms with van der Waals surface area (Å²) in [7, 11) is -2.99. The molecule has 0 unspecified atom stereocenters. The number of hydrogen-bond donors (Lipinski definition) is 1. The van der Waals surface area contributed by atoms with Crippen molar-refractivity contribution in [3.8, 4) is 0 Å². The fraction of sp³-hybridized carbons (Fsp3) is 0.875. The second-order valence-electron chi connectivity index (χ2n) is 7.26. The molecule has 0 bridgehead atoms. The van der Waals surface area contributed by atoms with Gasteiger partial charge < -0.3 is 5.32 Å². The Kier molecular flexibility index (Phi) is 4.88. The van der Waals surface area contributed by atoms with E-state index in [9.17, 15) is 18.0 Å². The molecule has 1 atom stereocenters. The third-order valence-electron chi connectivity index (χ3n) is 5.66. The molecule has 2 heterocycles. The number of sulfone groups is 1. The van der Waals surface area contributed by atoms with Crippen molar-refractivity contribution < 1.29 is 18.0 Å². The molecule has 3 fully saturated rings. The van der Waals surface area contributed by atoms with Crippen LogP contribution in [-0.4, -0.2) is 66.5 Å². The van der Waals surface area contributed by atoms with Crippen LogP contribution in [0.2, 0.25) is 0 Å². The number of imide groups is 1. The molecule has 24 heavy (non-hydrogen) atoms. The van der Waals surface area contributed by atoms with Gasteiger partial charge in [-0.05, 0) is 25.8 Å². The van der Waals surface area contributed by atoms with E-state index in [1.165, 1.54) is 4.90 Å². The number of urea groups is 1. The van der Waals surface area contributed by atoms with E-state index >= 15 is 0 Å². The number of carbonyl (C=O) groups excluding carboxylic acids is 2. The summed E-state index contributed by atoms with van der Waals surface area (Å²) < 4.78 is 23.4. The van der Waals surface area contributed by atoms with Gasteiger partial charge in [-0.25, -0.2) is 18.1 Å². The molecule has 136 valence electrons. The van der Waals surface area contributed by atoms with Crippen LogP contribution in [0.5, 0.6) is 0 Å². The fourth-order valence-corrected chi connectivity index (χ4v) is 5.96. The predicted octanol–water partition coefficient (Wildman–Crippen LogP) is 1.10. The zero-order chi connectivity index (χ0) is 17.4. The second kappa shape index (κ2) is 6.63. The number of nitrogens with one attached hydrogen (secondary N) is 1. The SMILES string of the molecule is CCN(CN1C(=O)NC2(CCCCCC2)C1=O)[C@@H]1CCS(=O)(=O)C1. The van der Waals surface area contributed by atoms with Gasteiger partial charge >= 0.3 is 6.03 Å². The molecule has 1 saturated carbocycles. The topological polar surface area (TPSA) is 86.8 Å². The van der Waals surface area contributed by atoms with Gasteiger partial charge in [0.25, 0.3) is 5.91 Å². The molecular weight excluding hydrogens is 330 g/mol. The molecular formula is C16H27N3O4S. The maximum Gasteiger partial charge on any atom is 0.326 e. The smallest absolute Gasteiger partial charge is 0.323 e. The van der Waals surface area contributed by atoms with Crippen LogP contribution in [0.1, 0.15) is 51.9 Å². The summed E-state index contributed by atoms with van der Waals surface area (Å²) in [6, 6.07) is -0.438. The average Bonchev–Trinajstić information content (AvgIpc) is 2.87. The molecule has 1 aliphatic carbocycles. The number of amides is 3. The lowest BCUT2D eigenvalue weighted by atomic mass is 9.90. The van der Waals surface area contributed by atoms with Gasteiger partial charge in [-0.3, -0.25) is 9.69 Å². The number of hydrogen-bond acceptors (Lipinski definition) is 5. The molecule has 0 aromatic carbocycles. The van der Waals surface area contributed by atoms with Crippen LogP contribution in [0.25, 0.3) is 0 Å². The largest absolute Gasteiger partial charge is 0.326 e. The van der Waals surface area contributed by atoms with Crippen LogP contribution in [0.3, 0.4) is 0 Å². The minimum atomic E-state index is -2.99. The second-order valence-corrected chi connectivity index (χ2v) is 9.49. The molecule has 3 aliphatic rings. The van der Waals surface area contributed by atoms with E-state index in [4.69, 9.17) is 0 Å². The quantitative estimate of drug-likeness (QED) is 0.761. The van der Waals surface area contributed by atoms with Crippen LogP contribution < -0.4 is 5.32 Å². The molecule has 2 saturated heterocycles. The lowest BCUT2D eigenvalue weighted by Gasteiger charge is -2.30. The Morgan fingerprint density at radius 1 is 1.21 bits per heavy atom. The number of carbonyl (C=O) groups is 2. The summed E-state index contributed by atoms with van der Waals surface area (Å²) in [4.78, 5) is 28.6. The Labute approximate surface area is 143 Å². The van der Waals surface area contributed by atoms with Gasteiger partial charge in [0.1, 0.15) is 5.54 Å². The van der Waals surface area contributed by atoms with Gasteiger partial charge in [0.05, 0.1) is 18.2 Å². The summed E-state index contributed by atoms with van der Waals surface area (Å²) in [5.74, 6) is 0.183. The first-order chi connectivity index (χ1) is 11.4. The number of nitrogens with zero attached hydrogens (tertiary/aromatic N) is 2. The molecule has 3 rings (SSSR count). The van der Waals surface area contributed by atoms with Crippen molar-refractivity contribution >= 4 is 21.8 Å². The maximum atomic E-state index is 12.9.